The maximum atomic E-state index is 12.9. The van der Waals surface area contributed by atoms with Gasteiger partial charge in [0.05, 0.1) is 17.1 Å². The van der Waals surface area contributed by atoms with E-state index in [1.54, 1.807) is 38.3 Å². The van der Waals surface area contributed by atoms with Gasteiger partial charge in [0, 0.05) is 55.3 Å². The Morgan fingerprint density at radius 3 is 2.55 bits per heavy atom. The lowest BCUT2D eigenvalue weighted by molar-refractivity contribution is -0.385. The minimum absolute atomic E-state index is 0.115. The van der Waals surface area contributed by atoms with Crippen LogP contribution in [0, 0.1) is 23.0 Å². The van der Waals surface area contributed by atoms with Crippen LogP contribution >= 0.6 is 0 Å². The van der Waals surface area contributed by atoms with Crippen LogP contribution in [0.5, 0.6) is 0 Å². The zero-order valence-electron chi connectivity index (χ0n) is 19.2. The topological polar surface area (TPSA) is 114 Å². The highest BCUT2D eigenvalue weighted by Gasteiger charge is 2.22. The lowest BCUT2D eigenvalue weighted by Gasteiger charge is -2.33. The van der Waals surface area contributed by atoms with Gasteiger partial charge in [-0.2, -0.15) is 0 Å². The van der Waals surface area contributed by atoms with Crippen molar-refractivity contribution < 1.29 is 19.2 Å². The summed E-state index contributed by atoms with van der Waals surface area (Å²) in [6.45, 7) is 6.33. The molecule has 0 saturated carbocycles. The van der Waals surface area contributed by atoms with Gasteiger partial charge in [-0.25, -0.2) is 0 Å². The number of piperidine rings is 1. The zero-order chi connectivity index (χ0) is 24.0. The number of nitrogens with one attached hydrogen (secondary N) is 2. The molecule has 1 saturated heterocycles. The van der Waals surface area contributed by atoms with Crippen molar-refractivity contribution in [1.29, 1.82) is 0 Å². The molecule has 0 unspecified atom stereocenters. The Hall–Kier alpha value is -3.46. The highest BCUT2D eigenvalue weighted by molar-refractivity contribution is 6.06. The number of carbonyl (C=O) groups is 2. The van der Waals surface area contributed by atoms with Crippen LogP contribution in [0.4, 0.5) is 17.1 Å². The number of carbonyl (C=O) groups excluding carboxylic acids is 2. The number of anilines is 2. The molecule has 1 fully saturated rings. The van der Waals surface area contributed by atoms with E-state index in [4.69, 9.17) is 4.74 Å². The van der Waals surface area contributed by atoms with E-state index >= 15 is 0 Å². The first-order valence-corrected chi connectivity index (χ1v) is 11.0. The van der Waals surface area contributed by atoms with Crippen LogP contribution in [0.15, 0.2) is 36.4 Å². The molecule has 2 N–H and O–H groups in total. The Kier molecular flexibility index (Phi) is 8.00. The summed E-state index contributed by atoms with van der Waals surface area (Å²) in [5, 5.41) is 16.8. The molecule has 3 rings (SSSR count). The third-order valence-electron chi connectivity index (χ3n) is 5.88. The molecule has 9 heteroatoms. The number of hydrogen-bond donors (Lipinski definition) is 2. The number of benzene rings is 2. The summed E-state index contributed by atoms with van der Waals surface area (Å²) >= 11 is 0. The van der Waals surface area contributed by atoms with E-state index < -0.39 is 10.8 Å². The summed E-state index contributed by atoms with van der Waals surface area (Å²) in [5.41, 5.74) is 2.26. The Labute approximate surface area is 193 Å². The van der Waals surface area contributed by atoms with Gasteiger partial charge in [-0.3, -0.25) is 19.7 Å². The number of nitrogens with zero attached hydrogens (tertiary/aromatic N) is 2. The third kappa shape index (κ3) is 6.07. The fraction of sp³-hybridized carbons (Fsp3) is 0.417. The fourth-order valence-corrected chi connectivity index (χ4v) is 3.83. The maximum Gasteiger partial charge on any atom is 0.273 e. The van der Waals surface area contributed by atoms with Crippen LogP contribution in [0.3, 0.4) is 0 Å². The number of hydrogen-bond acceptors (Lipinski definition) is 6. The molecule has 0 atom stereocenters. The van der Waals surface area contributed by atoms with Gasteiger partial charge in [0.15, 0.2) is 0 Å². The van der Waals surface area contributed by atoms with Crippen molar-refractivity contribution in [3.63, 3.8) is 0 Å². The Morgan fingerprint density at radius 2 is 1.88 bits per heavy atom. The average molecular weight is 455 g/mol. The molecule has 0 aromatic heterocycles. The molecule has 33 heavy (non-hydrogen) atoms. The summed E-state index contributed by atoms with van der Waals surface area (Å²) < 4.78 is 5.02. The van der Waals surface area contributed by atoms with Crippen molar-refractivity contribution >= 4 is 28.9 Å². The van der Waals surface area contributed by atoms with E-state index in [9.17, 15) is 19.7 Å². The maximum absolute atomic E-state index is 12.9. The van der Waals surface area contributed by atoms with Crippen molar-refractivity contribution in [2.24, 2.45) is 5.92 Å². The van der Waals surface area contributed by atoms with Gasteiger partial charge in [0.25, 0.3) is 17.5 Å². The van der Waals surface area contributed by atoms with Gasteiger partial charge in [0.2, 0.25) is 0 Å². The van der Waals surface area contributed by atoms with Gasteiger partial charge in [-0.15, -0.1) is 0 Å². The lowest BCUT2D eigenvalue weighted by atomic mass is 9.97. The van der Waals surface area contributed by atoms with E-state index in [1.807, 2.05) is 6.07 Å². The van der Waals surface area contributed by atoms with Crippen molar-refractivity contribution in [3.05, 3.63) is 63.2 Å². The van der Waals surface area contributed by atoms with Crippen LogP contribution in [0.1, 0.15) is 46.0 Å². The molecule has 1 aliphatic heterocycles. The van der Waals surface area contributed by atoms with Crippen molar-refractivity contribution in [1.82, 2.24) is 5.32 Å². The fourth-order valence-electron chi connectivity index (χ4n) is 3.83. The molecule has 2 amide bonds. The molecular weight excluding hydrogens is 424 g/mol. The molecule has 0 bridgehead atoms. The second-order valence-corrected chi connectivity index (χ2v) is 8.36. The van der Waals surface area contributed by atoms with E-state index in [0.29, 0.717) is 35.9 Å². The van der Waals surface area contributed by atoms with Crippen LogP contribution in [0.25, 0.3) is 0 Å². The van der Waals surface area contributed by atoms with Crippen LogP contribution in [0.2, 0.25) is 0 Å². The third-order valence-corrected chi connectivity index (χ3v) is 5.88. The molecule has 0 aliphatic carbocycles. The standard InChI is InChI=1S/C24H30N4O5/c1-16-8-11-27(12-9-16)21-7-6-19(15-20(21)24(30)25-10-13-33-3)26-23(29)18-5-4-17(2)22(14-18)28(31)32/h4-7,14-16H,8-13H2,1-3H3,(H,25,30)(H,26,29). The van der Waals surface area contributed by atoms with Gasteiger partial charge < -0.3 is 20.3 Å². The number of amides is 2. The predicted octanol–water partition coefficient (Wildman–Crippen LogP) is 3.77. The normalized spacial score (nSPS) is 14.1. The second kappa shape index (κ2) is 10.9. The molecule has 176 valence electrons. The Bertz CT molecular complexity index is 1030. The SMILES string of the molecule is COCCNC(=O)c1cc(NC(=O)c2ccc(C)c([N+](=O)[O-])c2)ccc1N1CCC(C)CC1. The second-order valence-electron chi connectivity index (χ2n) is 8.36. The molecule has 2 aromatic carbocycles. The van der Waals surface area contributed by atoms with Gasteiger partial charge >= 0.3 is 0 Å². The van der Waals surface area contributed by atoms with Crippen LogP contribution < -0.4 is 15.5 Å². The van der Waals surface area contributed by atoms with E-state index in [1.165, 1.54) is 6.07 Å². The first kappa shape index (κ1) is 24.2. The first-order chi connectivity index (χ1) is 15.8. The summed E-state index contributed by atoms with van der Waals surface area (Å²) in [5.74, 6) is -0.0801. The van der Waals surface area contributed by atoms with Crippen LogP contribution in [-0.2, 0) is 4.74 Å². The van der Waals surface area contributed by atoms with Gasteiger partial charge in [-0.1, -0.05) is 13.0 Å². The monoisotopic (exact) mass is 454 g/mol. The summed E-state index contributed by atoms with van der Waals surface area (Å²) in [6, 6.07) is 9.58. The first-order valence-electron chi connectivity index (χ1n) is 11.0. The summed E-state index contributed by atoms with van der Waals surface area (Å²) in [6.07, 6.45) is 2.10. The van der Waals surface area contributed by atoms with Crippen molar-refractivity contribution in [2.45, 2.75) is 26.7 Å². The summed E-state index contributed by atoms with van der Waals surface area (Å²) in [4.78, 5) is 38.6. The number of rotatable bonds is 8. The smallest absolute Gasteiger partial charge is 0.273 e. The molecule has 9 nitrogen and oxygen atoms in total. The summed E-state index contributed by atoms with van der Waals surface area (Å²) in [7, 11) is 1.57. The quantitative estimate of drug-likeness (QED) is 0.357. The minimum atomic E-state index is -0.511. The molecule has 1 aliphatic rings. The minimum Gasteiger partial charge on any atom is -0.383 e. The molecule has 0 spiro atoms. The zero-order valence-corrected chi connectivity index (χ0v) is 19.2. The highest BCUT2D eigenvalue weighted by atomic mass is 16.6. The largest absolute Gasteiger partial charge is 0.383 e. The van der Waals surface area contributed by atoms with Crippen molar-refractivity contribution in [2.75, 3.05) is 43.6 Å². The van der Waals surface area contributed by atoms with E-state index in [2.05, 4.69) is 22.5 Å². The highest BCUT2D eigenvalue weighted by Crippen LogP contribution is 2.29. The number of methoxy groups -OCH3 is 1. The average Bonchev–Trinajstić information content (AvgIpc) is 2.80. The van der Waals surface area contributed by atoms with E-state index in [0.717, 1.165) is 31.6 Å². The molecule has 0 radical (unpaired) electrons. The van der Waals surface area contributed by atoms with Crippen LogP contribution in [-0.4, -0.2) is 50.1 Å². The number of ether oxygens (including phenoxy) is 1. The Morgan fingerprint density at radius 1 is 1.15 bits per heavy atom. The lowest BCUT2D eigenvalue weighted by Crippen LogP contribution is -2.35. The predicted molar refractivity (Wildman–Crippen MR) is 127 cm³/mol. The Balaban J connectivity index is 1.85. The van der Waals surface area contributed by atoms with Gasteiger partial charge in [0.1, 0.15) is 0 Å². The van der Waals surface area contributed by atoms with Crippen molar-refractivity contribution in [3.8, 4) is 0 Å². The number of nitro benzene ring substituents is 1. The van der Waals surface area contributed by atoms with Gasteiger partial charge in [-0.05, 0) is 49.9 Å². The van der Waals surface area contributed by atoms with E-state index in [-0.39, 0.29) is 17.2 Å². The number of nitro groups is 1. The molecule has 2 aromatic rings. The molecule has 1 heterocycles. The molecular formula is C24H30N4O5. The number of aryl methyl sites for hydroxylation is 1.